The fraction of sp³-hybridized carbons (Fsp3) is 0.417. The van der Waals surface area contributed by atoms with Gasteiger partial charge < -0.3 is 19.7 Å². The average molecular weight is 411 g/mol. The molecular formula is C24H30N2O4. The molecule has 30 heavy (non-hydrogen) atoms. The van der Waals surface area contributed by atoms with Gasteiger partial charge in [-0.15, -0.1) is 0 Å². The zero-order chi connectivity index (χ0) is 21.7. The molecule has 6 nitrogen and oxygen atoms in total. The Labute approximate surface area is 178 Å². The minimum absolute atomic E-state index is 0.116. The predicted molar refractivity (Wildman–Crippen MR) is 118 cm³/mol. The monoisotopic (exact) mass is 410 g/mol. The first-order valence-corrected chi connectivity index (χ1v) is 10.4. The number of benzene rings is 2. The van der Waals surface area contributed by atoms with Crippen LogP contribution in [0.25, 0.3) is 0 Å². The van der Waals surface area contributed by atoms with Gasteiger partial charge in [-0.1, -0.05) is 19.9 Å². The largest absolute Gasteiger partial charge is 0.493 e. The van der Waals surface area contributed by atoms with E-state index in [0.717, 1.165) is 29.8 Å². The van der Waals surface area contributed by atoms with Crippen LogP contribution in [0.4, 0.5) is 11.4 Å². The maximum absolute atomic E-state index is 12.4. The molecule has 2 aromatic rings. The molecule has 3 rings (SSSR count). The van der Waals surface area contributed by atoms with Crippen molar-refractivity contribution >= 4 is 23.2 Å². The van der Waals surface area contributed by atoms with Gasteiger partial charge in [0.2, 0.25) is 5.91 Å². The van der Waals surface area contributed by atoms with Crippen LogP contribution < -0.4 is 19.7 Å². The van der Waals surface area contributed by atoms with Crippen molar-refractivity contribution in [1.29, 1.82) is 0 Å². The molecule has 6 heteroatoms. The van der Waals surface area contributed by atoms with E-state index in [1.165, 1.54) is 0 Å². The summed E-state index contributed by atoms with van der Waals surface area (Å²) in [6.07, 6.45) is 2.15. The Hall–Kier alpha value is -3.02. The van der Waals surface area contributed by atoms with Gasteiger partial charge in [-0.25, -0.2) is 0 Å². The first-order valence-electron chi connectivity index (χ1n) is 10.4. The van der Waals surface area contributed by atoms with Crippen LogP contribution in [0.5, 0.6) is 11.5 Å². The lowest BCUT2D eigenvalue weighted by Crippen LogP contribution is -2.36. The summed E-state index contributed by atoms with van der Waals surface area (Å²) in [5.41, 5.74) is 3.79. The third kappa shape index (κ3) is 5.32. The van der Waals surface area contributed by atoms with Crippen LogP contribution >= 0.6 is 0 Å². The molecule has 0 saturated carbocycles. The molecular weight excluding hydrogens is 380 g/mol. The number of fused-ring (bicyclic) bond motifs is 1. The summed E-state index contributed by atoms with van der Waals surface area (Å²) in [6.45, 7) is 6.88. The minimum atomic E-state index is -0.249. The Kier molecular flexibility index (Phi) is 6.98. The molecule has 0 bridgehead atoms. The fourth-order valence-electron chi connectivity index (χ4n) is 3.50. The van der Waals surface area contributed by atoms with Gasteiger partial charge in [-0.2, -0.15) is 0 Å². The van der Waals surface area contributed by atoms with E-state index in [1.54, 1.807) is 13.2 Å². The number of carbonyl (C=O) groups excluding carboxylic acids is 2. The van der Waals surface area contributed by atoms with Gasteiger partial charge in [0.15, 0.2) is 18.1 Å². The lowest BCUT2D eigenvalue weighted by molar-refractivity contribution is -0.119. The van der Waals surface area contributed by atoms with Gasteiger partial charge in [0, 0.05) is 24.3 Å². The lowest BCUT2D eigenvalue weighted by Gasteiger charge is -2.30. The zero-order valence-electron chi connectivity index (χ0n) is 18.2. The van der Waals surface area contributed by atoms with Crippen LogP contribution in [0.2, 0.25) is 0 Å². The van der Waals surface area contributed by atoms with Crippen LogP contribution in [0.15, 0.2) is 36.4 Å². The van der Waals surface area contributed by atoms with E-state index in [4.69, 9.17) is 9.47 Å². The van der Waals surface area contributed by atoms with Gasteiger partial charge in [0.25, 0.3) is 5.91 Å². The Morgan fingerprint density at radius 2 is 1.93 bits per heavy atom. The van der Waals surface area contributed by atoms with Crippen molar-refractivity contribution in [3.05, 3.63) is 47.5 Å². The van der Waals surface area contributed by atoms with Crippen LogP contribution in [-0.4, -0.2) is 32.1 Å². The number of nitrogens with zero attached hydrogens (tertiary/aromatic N) is 1. The van der Waals surface area contributed by atoms with Crippen LogP contribution in [-0.2, 0) is 16.0 Å². The van der Waals surface area contributed by atoms with Crippen molar-refractivity contribution in [3.63, 3.8) is 0 Å². The Morgan fingerprint density at radius 3 is 2.67 bits per heavy atom. The predicted octanol–water partition coefficient (Wildman–Crippen LogP) is 4.35. The molecule has 1 aliphatic rings. The summed E-state index contributed by atoms with van der Waals surface area (Å²) in [5.74, 6) is 1.58. The highest BCUT2D eigenvalue weighted by Gasteiger charge is 2.24. The number of rotatable bonds is 8. The molecule has 2 aromatic carbocycles. The zero-order valence-corrected chi connectivity index (χ0v) is 18.2. The number of nitrogens with one attached hydrogen (secondary N) is 1. The number of amides is 2. The lowest BCUT2D eigenvalue weighted by atomic mass is 9.99. The summed E-state index contributed by atoms with van der Waals surface area (Å²) in [5, 5.41) is 2.88. The van der Waals surface area contributed by atoms with Crippen molar-refractivity contribution in [1.82, 2.24) is 0 Å². The van der Waals surface area contributed by atoms with Crippen molar-refractivity contribution in [2.45, 2.75) is 40.0 Å². The molecule has 2 amide bonds. The average Bonchev–Trinajstić information content (AvgIpc) is 2.72. The molecule has 0 atom stereocenters. The number of carbonyl (C=O) groups is 2. The molecule has 0 aromatic heterocycles. The summed E-state index contributed by atoms with van der Waals surface area (Å²) in [4.78, 5) is 26.6. The second kappa shape index (κ2) is 9.65. The number of methoxy groups -OCH3 is 1. The molecule has 0 saturated heterocycles. The summed E-state index contributed by atoms with van der Waals surface area (Å²) in [7, 11) is 1.57. The first kappa shape index (κ1) is 21.7. The maximum atomic E-state index is 12.4. The second-order valence-electron chi connectivity index (χ2n) is 8.06. The molecule has 0 radical (unpaired) electrons. The van der Waals surface area contributed by atoms with Crippen molar-refractivity contribution in [3.8, 4) is 11.5 Å². The van der Waals surface area contributed by atoms with Gasteiger partial charge in [-0.3, -0.25) is 9.59 Å². The maximum Gasteiger partial charge on any atom is 0.262 e. The third-order valence-corrected chi connectivity index (χ3v) is 5.17. The first-order chi connectivity index (χ1) is 14.4. The molecule has 0 fully saturated rings. The van der Waals surface area contributed by atoms with E-state index in [-0.39, 0.29) is 18.4 Å². The van der Waals surface area contributed by atoms with Gasteiger partial charge in [-0.05, 0) is 67.1 Å². The quantitative estimate of drug-likeness (QED) is 0.703. The number of aryl methyl sites for hydroxylation is 2. The summed E-state index contributed by atoms with van der Waals surface area (Å²) < 4.78 is 10.9. The van der Waals surface area contributed by atoms with Crippen LogP contribution in [0.3, 0.4) is 0 Å². The standard InChI is InChI=1S/C24H30N2O4/c1-16(2)11-12-26-20-8-7-19(14-18(20)6-10-24(26)28)25-23(27)15-30-21-9-5-17(3)13-22(21)29-4/h5,7-9,13-14,16H,6,10-12,15H2,1-4H3,(H,25,27). The van der Waals surface area contributed by atoms with Crippen LogP contribution in [0.1, 0.15) is 37.8 Å². The Morgan fingerprint density at radius 1 is 1.13 bits per heavy atom. The summed E-state index contributed by atoms with van der Waals surface area (Å²) in [6, 6.07) is 11.3. The van der Waals surface area contributed by atoms with Gasteiger partial charge >= 0.3 is 0 Å². The molecule has 1 heterocycles. The third-order valence-electron chi connectivity index (χ3n) is 5.17. The highest BCUT2D eigenvalue weighted by atomic mass is 16.5. The van der Waals surface area contributed by atoms with E-state index in [9.17, 15) is 9.59 Å². The number of ether oxygens (including phenoxy) is 2. The minimum Gasteiger partial charge on any atom is -0.493 e. The van der Waals surface area contributed by atoms with Gasteiger partial charge in [0.1, 0.15) is 0 Å². The topological polar surface area (TPSA) is 67.9 Å². The van der Waals surface area contributed by atoms with Crippen molar-refractivity contribution < 1.29 is 19.1 Å². The van der Waals surface area contributed by atoms with E-state index in [0.29, 0.717) is 35.9 Å². The summed E-state index contributed by atoms with van der Waals surface area (Å²) >= 11 is 0. The smallest absolute Gasteiger partial charge is 0.262 e. The van der Waals surface area contributed by atoms with Gasteiger partial charge in [0.05, 0.1) is 7.11 Å². The molecule has 160 valence electrons. The molecule has 0 unspecified atom stereocenters. The van der Waals surface area contributed by atoms with Crippen molar-refractivity contribution in [2.75, 3.05) is 30.5 Å². The normalized spacial score (nSPS) is 13.2. The molecule has 0 aliphatic carbocycles. The van der Waals surface area contributed by atoms with E-state index < -0.39 is 0 Å². The van der Waals surface area contributed by atoms with Crippen molar-refractivity contribution in [2.24, 2.45) is 5.92 Å². The van der Waals surface area contributed by atoms with Crippen LogP contribution in [0, 0.1) is 12.8 Å². The highest BCUT2D eigenvalue weighted by Crippen LogP contribution is 2.31. The Bertz CT molecular complexity index is 923. The number of anilines is 2. The van der Waals surface area contributed by atoms with E-state index in [1.807, 2.05) is 42.2 Å². The van der Waals surface area contributed by atoms with E-state index >= 15 is 0 Å². The van der Waals surface area contributed by atoms with E-state index in [2.05, 4.69) is 19.2 Å². The SMILES string of the molecule is COc1cc(C)ccc1OCC(=O)Nc1ccc2c(c1)CCC(=O)N2CCC(C)C. The molecule has 0 spiro atoms. The molecule has 1 N–H and O–H groups in total. The highest BCUT2D eigenvalue weighted by molar-refractivity contribution is 5.97. The second-order valence-corrected chi connectivity index (χ2v) is 8.06. The molecule has 1 aliphatic heterocycles. The Balaban J connectivity index is 1.63. The number of hydrogen-bond donors (Lipinski definition) is 1. The number of hydrogen-bond acceptors (Lipinski definition) is 4. The fourth-order valence-corrected chi connectivity index (χ4v) is 3.50.